The largest absolute Gasteiger partial charge is 0.258 e. The van der Waals surface area contributed by atoms with Gasteiger partial charge in [-0.05, 0) is 36.8 Å². The van der Waals surface area contributed by atoms with Gasteiger partial charge in [-0.1, -0.05) is 51.8 Å². The van der Waals surface area contributed by atoms with Crippen LogP contribution in [0.15, 0.2) is 68.5 Å². The summed E-state index contributed by atoms with van der Waals surface area (Å²) in [4.78, 5) is 5.41. The number of thiazole rings is 1. The van der Waals surface area contributed by atoms with Crippen LogP contribution in [0.2, 0.25) is 5.02 Å². The van der Waals surface area contributed by atoms with Crippen molar-refractivity contribution in [2.45, 2.75) is 6.92 Å². The number of aromatic nitrogens is 1. The Hall–Kier alpha value is -1.69. The van der Waals surface area contributed by atoms with Gasteiger partial charge in [0, 0.05) is 27.0 Å². The summed E-state index contributed by atoms with van der Waals surface area (Å²) in [6.45, 7) is 2.74. The molecule has 0 bridgehead atoms. The first-order valence-corrected chi connectivity index (χ1v) is 9.49. The van der Waals surface area contributed by atoms with Gasteiger partial charge >= 0.3 is 0 Å². The van der Waals surface area contributed by atoms with Crippen molar-refractivity contribution < 1.29 is 0 Å². The number of nitrogens with zero attached hydrogens (tertiary/aromatic N) is 3. The topological polar surface area (TPSA) is 29.6 Å². The highest BCUT2D eigenvalue weighted by Crippen LogP contribution is 2.22. The summed E-state index contributed by atoms with van der Waals surface area (Å²) in [5.74, 6) is 0. The zero-order valence-electron chi connectivity index (χ0n) is 13.0. The maximum Gasteiger partial charge on any atom is 0.206 e. The van der Waals surface area contributed by atoms with Gasteiger partial charge < -0.3 is 0 Å². The van der Waals surface area contributed by atoms with Gasteiger partial charge in [0.2, 0.25) is 4.80 Å². The van der Waals surface area contributed by atoms with Crippen molar-refractivity contribution >= 4 is 45.1 Å². The number of hydrogen-bond donors (Lipinski definition) is 0. The molecule has 2 aromatic carbocycles. The standard InChI is InChI=1S/C18H15BrClN3S/c1-2-21-18-23(22-11-13-3-9-16(20)10-4-13)17(12-24-18)14-5-7-15(19)8-6-14/h3-12H,2H2,1H3. The smallest absolute Gasteiger partial charge is 0.206 e. The van der Waals surface area contributed by atoms with E-state index in [1.807, 2.05) is 54.2 Å². The minimum absolute atomic E-state index is 0.715. The number of hydrogen-bond acceptors (Lipinski definition) is 3. The molecule has 3 aromatic rings. The lowest BCUT2D eigenvalue weighted by Crippen LogP contribution is -2.12. The lowest BCUT2D eigenvalue weighted by atomic mass is 10.2. The van der Waals surface area contributed by atoms with Gasteiger partial charge in [-0.3, -0.25) is 4.99 Å². The van der Waals surface area contributed by atoms with Crippen LogP contribution in [0.25, 0.3) is 11.3 Å². The first-order chi connectivity index (χ1) is 11.7. The molecule has 0 unspecified atom stereocenters. The summed E-state index contributed by atoms with van der Waals surface area (Å²) >= 11 is 11.0. The third-order valence-corrected chi connectivity index (χ3v) is 4.95. The molecule has 0 N–H and O–H groups in total. The Morgan fingerprint density at radius 1 is 1.12 bits per heavy atom. The van der Waals surface area contributed by atoms with E-state index < -0.39 is 0 Å². The minimum Gasteiger partial charge on any atom is -0.258 e. The van der Waals surface area contributed by atoms with Crippen molar-refractivity contribution in [3.05, 3.63) is 73.8 Å². The van der Waals surface area contributed by atoms with Crippen molar-refractivity contribution in [3.63, 3.8) is 0 Å². The van der Waals surface area contributed by atoms with Crippen LogP contribution in [-0.4, -0.2) is 17.4 Å². The first-order valence-electron chi connectivity index (χ1n) is 7.44. The molecule has 0 atom stereocenters. The normalized spacial score (nSPS) is 12.2. The Morgan fingerprint density at radius 3 is 2.50 bits per heavy atom. The molecule has 0 aliphatic rings. The molecule has 1 heterocycles. The van der Waals surface area contributed by atoms with Crippen LogP contribution in [0.5, 0.6) is 0 Å². The van der Waals surface area contributed by atoms with Gasteiger partial charge in [-0.2, -0.15) is 5.10 Å². The number of benzene rings is 2. The molecule has 122 valence electrons. The molecule has 3 rings (SSSR count). The molecule has 0 aliphatic carbocycles. The van der Waals surface area contributed by atoms with Crippen LogP contribution in [0, 0.1) is 0 Å². The van der Waals surface area contributed by atoms with Crippen LogP contribution in [0.4, 0.5) is 0 Å². The minimum atomic E-state index is 0.715. The third kappa shape index (κ3) is 4.04. The molecule has 0 fully saturated rings. The predicted octanol–water partition coefficient (Wildman–Crippen LogP) is 5.44. The quantitative estimate of drug-likeness (QED) is 0.503. The van der Waals surface area contributed by atoms with Gasteiger partial charge in [0.15, 0.2) is 0 Å². The van der Waals surface area contributed by atoms with Crippen LogP contribution < -0.4 is 4.80 Å². The summed E-state index contributed by atoms with van der Waals surface area (Å²) in [6.07, 6.45) is 1.82. The van der Waals surface area contributed by atoms with E-state index >= 15 is 0 Å². The highest BCUT2D eigenvalue weighted by atomic mass is 79.9. The second kappa shape index (κ2) is 7.92. The third-order valence-electron chi connectivity index (χ3n) is 3.31. The Kier molecular flexibility index (Phi) is 5.66. The summed E-state index contributed by atoms with van der Waals surface area (Å²) in [5.41, 5.74) is 3.10. The van der Waals surface area contributed by atoms with E-state index in [2.05, 4.69) is 43.5 Å². The van der Waals surface area contributed by atoms with Crippen LogP contribution in [0.1, 0.15) is 12.5 Å². The van der Waals surface area contributed by atoms with E-state index in [0.29, 0.717) is 5.02 Å². The monoisotopic (exact) mass is 419 g/mol. The zero-order valence-corrected chi connectivity index (χ0v) is 16.1. The van der Waals surface area contributed by atoms with Crippen LogP contribution >= 0.6 is 38.9 Å². The van der Waals surface area contributed by atoms with Gasteiger partial charge in [0.25, 0.3) is 0 Å². The molecular weight excluding hydrogens is 406 g/mol. The molecule has 0 aliphatic heterocycles. The SMILES string of the molecule is CCN=c1scc(-c2ccc(Br)cc2)n1N=Cc1ccc(Cl)cc1. The van der Waals surface area contributed by atoms with Crippen molar-refractivity contribution in [1.29, 1.82) is 0 Å². The fourth-order valence-electron chi connectivity index (χ4n) is 2.15. The van der Waals surface area contributed by atoms with Crippen molar-refractivity contribution in [2.24, 2.45) is 10.1 Å². The Morgan fingerprint density at radius 2 is 1.83 bits per heavy atom. The first kappa shape index (κ1) is 17.1. The highest BCUT2D eigenvalue weighted by molar-refractivity contribution is 9.10. The van der Waals surface area contributed by atoms with Gasteiger partial charge in [-0.25, -0.2) is 4.68 Å². The van der Waals surface area contributed by atoms with Crippen LogP contribution in [0.3, 0.4) is 0 Å². The van der Waals surface area contributed by atoms with E-state index in [1.54, 1.807) is 11.3 Å². The number of halogens is 2. The molecule has 0 radical (unpaired) electrons. The summed E-state index contributed by atoms with van der Waals surface area (Å²) < 4.78 is 2.93. The molecule has 1 aromatic heterocycles. The average Bonchev–Trinajstić information content (AvgIpc) is 2.98. The van der Waals surface area contributed by atoms with E-state index in [4.69, 9.17) is 11.6 Å². The lowest BCUT2D eigenvalue weighted by molar-refractivity contribution is 0.833. The van der Waals surface area contributed by atoms with Crippen LogP contribution in [-0.2, 0) is 0 Å². The Labute approximate surface area is 158 Å². The van der Waals surface area contributed by atoms with Gasteiger partial charge in [-0.15, -0.1) is 11.3 Å². The van der Waals surface area contributed by atoms with Crippen molar-refractivity contribution in [3.8, 4) is 11.3 Å². The molecular formula is C18H15BrClN3S. The molecule has 0 amide bonds. The Bertz CT molecular complexity index is 909. The summed E-state index contributed by atoms with van der Waals surface area (Å²) in [5, 5.41) is 7.43. The molecule has 0 saturated heterocycles. The van der Waals surface area contributed by atoms with E-state index in [9.17, 15) is 0 Å². The molecule has 24 heavy (non-hydrogen) atoms. The van der Waals surface area contributed by atoms with Gasteiger partial charge in [0.1, 0.15) is 0 Å². The Balaban J connectivity index is 2.04. The maximum atomic E-state index is 5.93. The zero-order chi connectivity index (χ0) is 16.9. The fraction of sp³-hybridized carbons (Fsp3) is 0.111. The molecule has 0 spiro atoms. The summed E-state index contributed by atoms with van der Waals surface area (Å²) in [6, 6.07) is 15.8. The lowest BCUT2D eigenvalue weighted by Gasteiger charge is -2.04. The van der Waals surface area contributed by atoms with Crippen molar-refractivity contribution in [1.82, 2.24) is 4.68 Å². The molecule has 3 nitrogen and oxygen atoms in total. The van der Waals surface area contributed by atoms with E-state index in [0.717, 1.165) is 32.6 Å². The average molecular weight is 421 g/mol. The fourth-order valence-corrected chi connectivity index (χ4v) is 3.44. The molecule has 6 heteroatoms. The predicted molar refractivity (Wildman–Crippen MR) is 106 cm³/mol. The number of rotatable bonds is 4. The second-order valence-electron chi connectivity index (χ2n) is 4.99. The summed E-state index contributed by atoms with van der Waals surface area (Å²) in [7, 11) is 0. The van der Waals surface area contributed by atoms with Crippen molar-refractivity contribution in [2.75, 3.05) is 6.54 Å². The second-order valence-corrected chi connectivity index (χ2v) is 7.18. The van der Waals surface area contributed by atoms with E-state index in [-0.39, 0.29) is 0 Å². The maximum absolute atomic E-state index is 5.93. The highest BCUT2D eigenvalue weighted by Gasteiger charge is 2.07. The van der Waals surface area contributed by atoms with E-state index in [1.165, 1.54) is 0 Å². The van der Waals surface area contributed by atoms with Gasteiger partial charge in [0.05, 0.1) is 11.9 Å². The molecule has 0 saturated carbocycles.